The molecule has 1 aromatic heterocycles. The monoisotopic (exact) mass is 324 g/mol. The van der Waals surface area contributed by atoms with E-state index >= 15 is 0 Å². The van der Waals surface area contributed by atoms with Crippen molar-refractivity contribution in [1.82, 2.24) is 0 Å². The Labute approximate surface area is 143 Å². The van der Waals surface area contributed by atoms with Crippen LogP contribution in [0.1, 0.15) is 36.1 Å². The molecular formula is C21H26NS+. The van der Waals surface area contributed by atoms with Gasteiger partial charge in [-0.25, -0.2) is 0 Å². The Bertz CT molecular complexity index is 668. The zero-order valence-corrected chi connectivity index (χ0v) is 14.9. The van der Waals surface area contributed by atoms with Gasteiger partial charge in [-0.15, -0.1) is 11.3 Å². The van der Waals surface area contributed by atoms with Crippen LogP contribution in [0.5, 0.6) is 0 Å². The van der Waals surface area contributed by atoms with E-state index in [1.165, 1.54) is 46.2 Å². The van der Waals surface area contributed by atoms with Crippen LogP contribution in [0.25, 0.3) is 5.57 Å². The summed E-state index contributed by atoms with van der Waals surface area (Å²) in [7, 11) is 4.89. The van der Waals surface area contributed by atoms with Crippen LogP contribution >= 0.6 is 11.3 Å². The average Bonchev–Trinajstić information content (AvgIpc) is 3.09. The molecule has 23 heavy (non-hydrogen) atoms. The Morgan fingerprint density at radius 1 is 1.00 bits per heavy atom. The van der Waals surface area contributed by atoms with Gasteiger partial charge in [0.15, 0.2) is 0 Å². The molecule has 2 unspecified atom stereocenters. The summed E-state index contributed by atoms with van der Waals surface area (Å²) in [5.74, 6) is 0.732. The van der Waals surface area contributed by atoms with E-state index in [2.05, 4.69) is 68.0 Å². The highest BCUT2D eigenvalue weighted by molar-refractivity contribution is 7.11. The van der Waals surface area contributed by atoms with E-state index in [9.17, 15) is 0 Å². The Hall–Kier alpha value is -1.38. The molecule has 1 aromatic carbocycles. The number of fused-ring (bicyclic) bond motifs is 2. The molecular weight excluding hydrogens is 298 g/mol. The third-order valence-corrected chi connectivity index (χ3v) is 7.04. The van der Waals surface area contributed by atoms with Crippen LogP contribution < -0.4 is 0 Å². The summed E-state index contributed by atoms with van der Waals surface area (Å²) >= 11 is 1.86. The number of thiophene rings is 1. The molecule has 0 amide bonds. The fraction of sp³-hybridized carbons (Fsp3) is 0.429. The Morgan fingerprint density at radius 3 is 2.30 bits per heavy atom. The SMILES string of the molecule is C[N+]1(C)C2CCC1CC(/C=C(\c1ccccc1)c1cccs1)C2. The Balaban J connectivity index is 1.67. The van der Waals surface area contributed by atoms with Crippen molar-refractivity contribution in [2.45, 2.75) is 37.8 Å². The van der Waals surface area contributed by atoms with Gasteiger partial charge >= 0.3 is 0 Å². The molecule has 2 saturated heterocycles. The summed E-state index contributed by atoms with van der Waals surface area (Å²) in [5.41, 5.74) is 2.80. The van der Waals surface area contributed by atoms with Gasteiger partial charge in [-0.3, -0.25) is 0 Å². The third kappa shape index (κ3) is 2.79. The lowest BCUT2D eigenvalue weighted by atomic mass is 9.86. The second-order valence-corrected chi connectivity index (χ2v) is 8.62. The van der Waals surface area contributed by atoms with E-state index in [0.29, 0.717) is 0 Å². The molecule has 2 aliphatic rings. The molecule has 120 valence electrons. The molecule has 0 spiro atoms. The molecule has 2 aliphatic heterocycles. The predicted octanol–water partition coefficient (Wildman–Crippen LogP) is 5.20. The van der Waals surface area contributed by atoms with Gasteiger partial charge in [-0.05, 0) is 28.5 Å². The van der Waals surface area contributed by atoms with E-state index in [1.54, 1.807) is 0 Å². The number of rotatable bonds is 3. The summed E-state index contributed by atoms with van der Waals surface area (Å²) < 4.78 is 1.25. The van der Waals surface area contributed by atoms with Crippen molar-refractivity contribution in [3.63, 3.8) is 0 Å². The predicted molar refractivity (Wildman–Crippen MR) is 99.5 cm³/mol. The highest BCUT2D eigenvalue weighted by Crippen LogP contribution is 2.43. The van der Waals surface area contributed by atoms with Gasteiger partial charge in [0.05, 0.1) is 26.2 Å². The van der Waals surface area contributed by atoms with E-state index in [0.717, 1.165) is 18.0 Å². The minimum absolute atomic E-state index is 0.732. The third-order valence-electron chi connectivity index (χ3n) is 6.14. The Morgan fingerprint density at radius 2 is 1.70 bits per heavy atom. The van der Waals surface area contributed by atoms with Crippen molar-refractivity contribution < 1.29 is 4.48 Å². The van der Waals surface area contributed by atoms with Crippen LogP contribution in [0, 0.1) is 5.92 Å². The zero-order chi connectivity index (χ0) is 15.9. The molecule has 1 nitrogen and oxygen atoms in total. The maximum atomic E-state index is 2.59. The smallest absolute Gasteiger partial charge is 0.0896 e. The minimum atomic E-state index is 0.732. The standard InChI is InChI=1S/C21H26NS/c1-22(2)18-10-11-19(22)14-16(13-18)15-20(21-9-6-12-23-21)17-7-4-3-5-8-17/h3-9,12,15-16,18-19H,10-11,13-14H2,1-2H3/q+1/b20-15+. The lowest BCUT2D eigenvalue weighted by Gasteiger charge is -2.43. The summed E-state index contributed by atoms with van der Waals surface area (Å²) in [5, 5.41) is 2.19. The fourth-order valence-electron chi connectivity index (χ4n) is 4.66. The topological polar surface area (TPSA) is 0 Å². The number of hydrogen-bond donors (Lipinski definition) is 0. The van der Waals surface area contributed by atoms with Gasteiger partial charge in [-0.1, -0.05) is 42.5 Å². The van der Waals surface area contributed by atoms with Gasteiger partial charge in [0.1, 0.15) is 0 Å². The molecule has 0 radical (unpaired) electrons. The first-order chi connectivity index (χ1) is 11.1. The maximum absolute atomic E-state index is 2.59. The molecule has 4 rings (SSSR count). The molecule has 2 fully saturated rings. The van der Waals surface area contributed by atoms with Crippen LogP contribution in [0.2, 0.25) is 0 Å². The highest BCUT2D eigenvalue weighted by Gasteiger charge is 2.48. The van der Waals surface area contributed by atoms with Crippen molar-refractivity contribution in [2.75, 3.05) is 14.1 Å². The quantitative estimate of drug-likeness (QED) is 0.681. The van der Waals surface area contributed by atoms with Crippen molar-refractivity contribution in [3.8, 4) is 0 Å². The molecule has 0 N–H and O–H groups in total. The minimum Gasteiger partial charge on any atom is -0.324 e. The zero-order valence-electron chi connectivity index (χ0n) is 14.1. The largest absolute Gasteiger partial charge is 0.324 e. The lowest BCUT2D eigenvalue weighted by Crippen LogP contribution is -2.54. The van der Waals surface area contributed by atoms with E-state index in [1.807, 2.05) is 11.3 Å². The number of quaternary nitrogens is 1. The molecule has 2 aromatic rings. The van der Waals surface area contributed by atoms with Crippen molar-refractivity contribution in [1.29, 1.82) is 0 Å². The van der Waals surface area contributed by atoms with Crippen molar-refractivity contribution >= 4 is 16.9 Å². The summed E-state index contributed by atoms with van der Waals surface area (Å²) in [4.78, 5) is 1.41. The summed E-state index contributed by atoms with van der Waals surface area (Å²) in [6, 6.07) is 17.1. The lowest BCUT2D eigenvalue weighted by molar-refractivity contribution is -0.931. The Kier molecular flexibility index (Phi) is 3.90. The van der Waals surface area contributed by atoms with Crippen LogP contribution in [0.4, 0.5) is 0 Å². The molecule has 3 heterocycles. The molecule has 2 bridgehead atoms. The van der Waals surface area contributed by atoms with Gasteiger partial charge in [0.25, 0.3) is 0 Å². The van der Waals surface area contributed by atoms with Gasteiger partial charge in [0.2, 0.25) is 0 Å². The second-order valence-electron chi connectivity index (χ2n) is 7.67. The molecule has 0 saturated carbocycles. The van der Waals surface area contributed by atoms with Crippen molar-refractivity contribution in [2.24, 2.45) is 5.92 Å². The number of allylic oxidation sites excluding steroid dienone is 1. The molecule has 2 atom stereocenters. The number of hydrogen-bond acceptors (Lipinski definition) is 1. The normalized spacial score (nSPS) is 29.7. The molecule has 2 heteroatoms. The second kappa shape index (κ2) is 5.92. The van der Waals surface area contributed by atoms with E-state index in [-0.39, 0.29) is 0 Å². The van der Waals surface area contributed by atoms with Crippen LogP contribution in [0.15, 0.2) is 53.9 Å². The highest BCUT2D eigenvalue weighted by atomic mass is 32.1. The van der Waals surface area contributed by atoms with E-state index < -0.39 is 0 Å². The number of benzene rings is 1. The van der Waals surface area contributed by atoms with Crippen LogP contribution in [0.3, 0.4) is 0 Å². The summed E-state index contributed by atoms with van der Waals surface area (Å²) in [6.07, 6.45) is 8.13. The number of piperidine rings is 1. The van der Waals surface area contributed by atoms with Crippen LogP contribution in [-0.2, 0) is 0 Å². The number of nitrogens with zero attached hydrogens (tertiary/aromatic N) is 1. The van der Waals surface area contributed by atoms with Gasteiger partial charge in [0, 0.05) is 30.6 Å². The first-order valence-electron chi connectivity index (χ1n) is 8.79. The van der Waals surface area contributed by atoms with Crippen LogP contribution in [-0.4, -0.2) is 30.7 Å². The maximum Gasteiger partial charge on any atom is 0.0896 e. The first kappa shape index (κ1) is 15.2. The van der Waals surface area contributed by atoms with Gasteiger partial charge in [-0.2, -0.15) is 0 Å². The molecule has 0 aliphatic carbocycles. The van der Waals surface area contributed by atoms with E-state index in [4.69, 9.17) is 0 Å². The van der Waals surface area contributed by atoms with Crippen molar-refractivity contribution in [3.05, 3.63) is 64.4 Å². The van der Waals surface area contributed by atoms with Gasteiger partial charge < -0.3 is 4.48 Å². The fourth-order valence-corrected chi connectivity index (χ4v) is 5.44. The first-order valence-corrected chi connectivity index (χ1v) is 9.67. The summed E-state index contributed by atoms with van der Waals surface area (Å²) in [6.45, 7) is 0. The average molecular weight is 325 g/mol.